The Morgan fingerprint density at radius 1 is 1.07 bits per heavy atom. The van der Waals surface area contributed by atoms with Crippen molar-refractivity contribution in [2.24, 2.45) is 0 Å². The Labute approximate surface area is 158 Å². The zero-order valence-corrected chi connectivity index (χ0v) is 15.4. The van der Waals surface area contributed by atoms with E-state index in [1.54, 1.807) is 7.11 Å². The highest BCUT2D eigenvalue weighted by molar-refractivity contribution is 5.63. The van der Waals surface area contributed by atoms with E-state index in [2.05, 4.69) is 27.6 Å². The number of ether oxygens (including phenoxy) is 2. The number of piperidine rings is 1. The first-order chi connectivity index (χ1) is 13.3. The summed E-state index contributed by atoms with van der Waals surface area (Å²) in [5.41, 5.74) is 2.17. The topological polar surface area (TPSA) is 69.4 Å². The van der Waals surface area contributed by atoms with Crippen molar-refractivity contribution >= 4 is 0 Å². The average molecular weight is 365 g/mol. The van der Waals surface area contributed by atoms with E-state index in [1.165, 1.54) is 18.4 Å². The molecule has 27 heavy (non-hydrogen) atoms. The first-order valence-corrected chi connectivity index (χ1v) is 9.23. The van der Waals surface area contributed by atoms with Crippen LogP contribution in [0, 0.1) is 0 Å². The van der Waals surface area contributed by atoms with E-state index < -0.39 is 0 Å². The molecule has 1 fully saturated rings. The van der Waals surface area contributed by atoms with Gasteiger partial charge in [0.1, 0.15) is 11.5 Å². The molecule has 0 amide bonds. The number of aromatic nitrogens is 2. The number of para-hydroxylation sites is 1. The van der Waals surface area contributed by atoms with Gasteiger partial charge in [-0.2, -0.15) is 4.98 Å². The standard InChI is InChI=1S/C21H23N3O3/c1-25-19-5-3-2-4-18(19)21-23-20(27-24-21)14-26-17-8-6-15(7-9-17)16-10-12-22-13-11-16/h2-9,16,22H,10-14H2,1H3. The van der Waals surface area contributed by atoms with Crippen LogP contribution in [0.2, 0.25) is 0 Å². The lowest BCUT2D eigenvalue weighted by Crippen LogP contribution is -2.26. The molecule has 1 aliphatic heterocycles. The lowest BCUT2D eigenvalue weighted by molar-refractivity contribution is 0.243. The lowest BCUT2D eigenvalue weighted by Gasteiger charge is -2.23. The molecule has 1 aromatic heterocycles. The summed E-state index contributed by atoms with van der Waals surface area (Å²) in [6, 6.07) is 15.9. The third-order valence-corrected chi connectivity index (χ3v) is 4.87. The predicted molar refractivity (Wildman–Crippen MR) is 102 cm³/mol. The Kier molecular flexibility index (Phi) is 5.34. The molecule has 0 unspecified atom stereocenters. The van der Waals surface area contributed by atoms with Crippen molar-refractivity contribution in [2.45, 2.75) is 25.4 Å². The molecule has 2 aromatic carbocycles. The van der Waals surface area contributed by atoms with Crippen LogP contribution in [0.25, 0.3) is 11.4 Å². The van der Waals surface area contributed by atoms with Gasteiger partial charge in [-0.15, -0.1) is 0 Å². The van der Waals surface area contributed by atoms with Crippen molar-refractivity contribution in [1.29, 1.82) is 0 Å². The fourth-order valence-corrected chi connectivity index (χ4v) is 3.39. The molecule has 140 valence electrons. The second-order valence-electron chi connectivity index (χ2n) is 6.59. The van der Waals surface area contributed by atoms with Gasteiger partial charge in [0.25, 0.3) is 5.89 Å². The van der Waals surface area contributed by atoms with E-state index in [0.717, 1.165) is 24.4 Å². The monoisotopic (exact) mass is 365 g/mol. The molecular weight excluding hydrogens is 342 g/mol. The summed E-state index contributed by atoms with van der Waals surface area (Å²) in [6.45, 7) is 2.41. The summed E-state index contributed by atoms with van der Waals surface area (Å²) in [5, 5.41) is 7.43. The maximum atomic E-state index is 5.80. The molecule has 3 aromatic rings. The highest BCUT2D eigenvalue weighted by atomic mass is 16.5. The van der Waals surface area contributed by atoms with Crippen molar-refractivity contribution in [3.05, 3.63) is 60.0 Å². The number of hydrogen-bond acceptors (Lipinski definition) is 6. The predicted octanol–water partition coefficient (Wildman–Crippen LogP) is 3.79. The van der Waals surface area contributed by atoms with Crippen molar-refractivity contribution in [3.63, 3.8) is 0 Å². The van der Waals surface area contributed by atoms with E-state index in [-0.39, 0.29) is 6.61 Å². The van der Waals surface area contributed by atoms with Crippen molar-refractivity contribution in [1.82, 2.24) is 15.5 Å². The fraction of sp³-hybridized carbons (Fsp3) is 0.333. The number of benzene rings is 2. The Hall–Kier alpha value is -2.86. The molecule has 0 aliphatic carbocycles. The van der Waals surface area contributed by atoms with Crippen LogP contribution >= 0.6 is 0 Å². The summed E-state index contributed by atoms with van der Waals surface area (Å²) in [7, 11) is 1.62. The molecule has 4 rings (SSSR count). The Bertz CT molecular complexity index is 870. The van der Waals surface area contributed by atoms with Crippen LogP contribution in [0.15, 0.2) is 53.1 Å². The number of nitrogens with one attached hydrogen (secondary N) is 1. The van der Waals surface area contributed by atoms with E-state index in [4.69, 9.17) is 14.0 Å². The third kappa shape index (κ3) is 4.11. The Morgan fingerprint density at radius 2 is 1.85 bits per heavy atom. The lowest BCUT2D eigenvalue weighted by atomic mass is 9.90. The van der Waals surface area contributed by atoms with Crippen LogP contribution in [0.1, 0.15) is 30.2 Å². The minimum absolute atomic E-state index is 0.231. The second kappa shape index (κ2) is 8.22. The van der Waals surface area contributed by atoms with Crippen molar-refractivity contribution in [3.8, 4) is 22.9 Å². The van der Waals surface area contributed by atoms with Crippen molar-refractivity contribution < 1.29 is 14.0 Å². The molecule has 1 saturated heterocycles. The fourth-order valence-electron chi connectivity index (χ4n) is 3.39. The molecule has 0 spiro atoms. The Morgan fingerprint density at radius 3 is 2.63 bits per heavy atom. The van der Waals surface area contributed by atoms with E-state index >= 15 is 0 Å². The van der Waals surface area contributed by atoms with Crippen LogP contribution in [0.4, 0.5) is 0 Å². The number of hydrogen-bond donors (Lipinski definition) is 1. The number of methoxy groups -OCH3 is 1. The minimum atomic E-state index is 0.231. The molecule has 1 aliphatic rings. The van der Waals surface area contributed by atoms with Gasteiger partial charge in [-0.3, -0.25) is 0 Å². The molecule has 1 N–H and O–H groups in total. The van der Waals surface area contributed by atoms with Gasteiger partial charge in [0, 0.05) is 0 Å². The summed E-state index contributed by atoms with van der Waals surface area (Å²) in [5.74, 6) is 3.06. The first-order valence-electron chi connectivity index (χ1n) is 9.23. The molecule has 0 bridgehead atoms. The molecular formula is C21H23N3O3. The van der Waals surface area contributed by atoms with Gasteiger partial charge in [-0.25, -0.2) is 0 Å². The molecule has 6 nitrogen and oxygen atoms in total. The van der Waals surface area contributed by atoms with Gasteiger partial charge < -0.3 is 19.3 Å². The molecule has 0 atom stereocenters. The number of rotatable bonds is 6. The quantitative estimate of drug-likeness (QED) is 0.717. The van der Waals surface area contributed by atoms with Crippen molar-refractivity contribution in [2.75, 3.05) is 20.2 Å². The van der Waals surface area contributed by atoms with Gasteiger partial charge in [0.2, 0.25) is 5.82 Å². The maximum absolute atomic E-state index is 5.80. The Balaban J connectivity index is 1.38. The van der Waals surface area contributed by atoms with E-state index in [0.29, 0.717) is 23.4 Å². The van der Waals surface area contributed by atoms with Gasteiger partial charge in [0.05, 0.1) is 12.7 Å². The van der Waals surface area contributed by atoms with Crippen LogP contribution in [0.3, 0.4) is 0 Å². The molecule has 0 saturated carbocycles. The largest absolute Gasteiger partial charge is 0.496 e. The summed E-state index contributed by atoms with van der Waals surface area (Å²) < 4.78 is 16.5. The zero-order valence-electron chi connectivity index (χ0n) is 15.4. The van der Waals surface area contributed by atoms with E-state index in [9.17, 15) is 0 Å². The molecule has 0 radical (unpaired) electrons. The van der Waals surface area contributed by atoms with Gasteiger partial charge in [0.15, 0.2) is 6.61 Å². The number of nitrogens with zero attached hydrogens (tertiary/aromatic N) is 2. The zero-order chi connectivity index (χ0) is 18.5. The maximum Gasteiger partial charge on any atom is 0.264 e. The van der Waals surface area contributed by atoms with Gasteiger partial charge >= 0.3 is 0 Å². The minimum Gasteiger partial charge on any atom is -0.496 e. The highest BCUT2D eigenvalue weighted by Gasteiger charge is 2.15. The summed E-state index contributed by atoms with van der Waals surface area (Å²) in [4.78, 5) is 4.41. The van der Waals surface area contributed by atoms with E-state index in [1.807, 2.05) is 36.4 Å². The van der Waals surface area contributed by atoms with Crippen LogP contribution in [0.5, 0.6) is 11.5 Å². The normalized spacial score (nSPS) is 14.9. The third-order valence-electron chi connectivity index (χ3n) is 4.87. The van der Waals surface area contributed by atoms with Gasteiger partial charge in [-0.1, -0.05) is 29.4 Å². The van der Waals surface area contributed by atoms with Gasteiger partial charge in [-0.05, 0) is 61.7 Å². The molecule has 2 heterocycles. The smallest absolute Gasteiger partial charge is 0.264 e. The van der Waals surface area contributed by atoms with Crippen LogP contribution in [-0.4, -0.2) is 30.3 Å². The average Bonchev–Trinajstić information content (AvgIpc) is 3.22. The second-order valence-corrected chi connectivity index (χ2v) is 6.59. The molecule has 6 heteroatoms. The summed E-state index contributed by atoms with van der Waals surface area (Å²) >= 11 is 0. The van der Waals surface area contributed by atoms with Crippen LogP contribution < -0.4 is 14.8 Å². The highest BCUT2D eigenvalue weighted by Crippen LogP contribution is 2.28. The van der Waals surface area contributed by atoms with Crippen LogP contribution in [-0.2, 0) is 6.61 Å². The summed E-state index contributed by atoms with van der Waals surface area (Å²) in [6.07, 6.45) is 2.38. The SMILES string of the molecule is COc1ccccc1-c1noc(COc2ccc(C3CCNCC3)cc2)n1. The first kappa shape index (κ1) is 17.5.